The highest BCUT2D eigenvalue weighted by Gasteiger charge is 2.04. The van der Waals surface area contributed by atoms with Gasteiger partial charge in [-0.1, -0.05) is 34.8 Å². The minimum Gasteiger partial charge on any atom is -0.379 e. The van der Waals surface area contributed by atoms with Crippen LogP contribution in [0.25, 0.3) is 0 Å². The van der Waals surface area contributed by atoms with Gasteiger partial charge >= 0.3 is 0 Å². The van der Waals surface area contributed by atoms with Crippen molar-refractivity contribution in [2.45, 2.75) is 13.5 Å². The fourth-order valence-electron chi connectivity index (χ4n) is 1.59. The van der Waals surface area contributed by atoms with Gasteiger partial charge < -0.3 is 5.32 Å². The second-order valence-corrected chi connectivity index (χ2v) is 5.09. The first kappa shape index (κ1) is 13.5. The van der Waals surface area contributed by atoms with Crippen LogP contribution in [0.3, 0.4) is 0 Å². The molecule has 1 aromatic heterocycles. The van der Waals surface area contributed by atoms with Crippen molar-refractivity contribution in [3.8, 4) is 0 Å². The van der Waals surface area contributed by atoms with Crippen LogP contribution in [0.2, 0.25) is 15.2 Å². The molecule has 0 saturated heterocycles. The molecule has 0 aliphatic rings. The van der Waals surface area contributed by atoms with Crippen molar-refractivity contribution in [1.29, 1.82) is 0 Å². The number of aryl methyl sites for hydroxylation is 1. The van der Waals surface area contributed by atoms with Crippen molar-refractivity contribution in [2.75, 3.05) is 5.32 Å². The quantitative estimate of drug-likeness (QED) is 0.810. The highest BCUT2D eigenvalue weighted by molar-refractivity contribution is 6.33. The minimum absolute atomic E-state index is 0.485. The van der Waals surface area contributed by atoms with Gasteiger partial charge in [-0.2, -0.15) is 0 Å². The summed E-state index contributed by atoms with van der Waals surface area (Å²) in [5.74, 6) is 0. The van der Waals surface area contributed by atoms with E-state index in [2.05, 4.69) is 10.3 Å². The van der Waals surface area contributed by atoms with Crippen LogP contribution in [0, 0.1) is 6.92 Å². The predicted molar refractivity (Wildman–Crippen MR) is 77.8 cm³/mol. The molecule has 1 heterocycles. The van der Waals surface area contributed by atoms with E-state index in [0.29, 0.717) is 21.7 Å². The lowest BCUT2D eigenvalue weighted by molar-refractivity contribution is 1.11. The van der Waals surface area contributed by atoms with Gasteiger partial charge in [-0.3, -0.25) is 0 Å². The van der Waals surface area contributed by atoms with E-state index in [1.54, 1.807) is 18.2 Å². The van der Waals surface area contributed by atoms with Crippen molar-refractivity contribution in [3.05, 3.63) is 56.8 Å². The SMILES string of the molecule is Cc1nc(Cl)ccc1NCc1cc(Cl)ccc1Cl. The zero-order valence-electron chi connectivity index (χ0n) is 9.67. The molecule has 0 bridgehead atoms. The maximum Gasteiger partial charge on any atom is 0.129 e. The number of nitrogens with one attached hydrogen (secondary N) is 1. The maximum atomic E-state index is 6.09. The number of anilines is 1. The summed E-state index contributed by atoms with van der Waals surface area (Å²) >= 11 is 17.8. The molecule has 0 saturated carbocycles. The van der Waals surface area contributed by atoms with Crippen LogP contribution in [0.1, 0.15) is 11.3 Å². The topological polar surface area (TPSA) is 24.9 Å². The smallest absolute Gasteiger partial charge is 0.129 e. The van der Waals surface area contributed by atoms with Crippen molar-refractivity contribution in [1.82, 2.24) is 4.98 Å². The number of halogens is 3. The van der Waals surface area contributed by atoms with E-state index in [9.17, 15) is 0 Å². The first-order valence-corrected chi connectivity index (χ1v) is 6.50. The third kappa shape index (κ3) is 3.29. The fourth-order valence-corrected chi connectivity index (χ4v) is 2.16. The van der Waals surface area contributed by atoms with Crippen molar-refractivity contribution in [2.24, 2.45) is 0 Å². The van der Waals surface area contributed by atoms with Crippen LogP contribution in [-0.2, 0) is 6.54 Å². The number of hydrogen-bond donors (Lipinski definition) is 1. The Labute approximate surface area is 121 Å². The summed E-state index contributed by atoms with van der Waals surface area (Å²) in [5, 5.41) is 5.10. The lowest BCUT2D eigenvalue weighted by Crippen LogP contribution is -2.02. The van der Waals surface area contributed by atoms with Crippen molar-refractivity contribution in [3.63, 3.8) is 0 Å². The summed E-state index contributed by atoms with van der Waals surface area (Å²) in [6.45, 7) is 2.48. The van der Waals surface area contributed by atoms with Crippen LogP contribution in [0.4, 0.5) is 5.69 Å². The fraction of sp³-hybridized carbons (Fsp3) is 0.154. The normalized spacial score (nSPS) is 10.4. The van der Waals surface area contributed by atoms with Gasteiger partial charge in [0.25, 0.3) is 0 Å². The zero-order chi connectivity index (χ0) is 13.1. The highest BCUT2D eigenvalue weighted by Crippen LogP contribution is 2.22. The lowest BCUT2D eigenvalue weighted by atomic mass is 10.2. The molecule has 0 aliphatic heterocycles. The van der Waals surface area contributed by atoms with Crippen LogP contribution < -0.4 is 5.32 Å². The molecule has 0 unspecified atom stereocenters. The third-order valence-electron chi connectivity index (χ3n) is 2.53. The van der Waals surface area contributed by atoms with E-state index in [1.165, 1.54) is 0 Å². The number of nitrogens with zero attached hydrogens (tertiary/aromatic N) is 1. The Kier molecular flexibility index (Phi) is 4.33. The van der Waals surface area contributed by atoms with E-state index in [4.69, 9.17) is 34.8 Å². The average Bonchev–Trinajstić information content (AvgIpc) is 2.32. The molecule has 0 atom stereocenters. The second kappa shape index (κ2) is 5.79. The van der Waals surface area contributed by atoms with E-state index >= 15 is 0 Å². The molecule has 1 N–H and O–H groups in total. The van der Waals surface area contributed by atoms with Gasteiger partial charge in [0.2, 0.25) is 0 Å². The molecule has 2 aromatic rings. The van der Waals surface area contributed by atoms with Gasteiger partial charge in [0.1, 0.15) is 5.15 Å². The molecular weight excluding hydrogens is 291 g/mol. The van der Waals surface area contributed by atoms with Gasteiger partial charge in [0, 0.05) is 16.6 Å². The first-order valence-electron chi connectivity index (χ1n) is 5.37. The van der Waals surface area contributed by atoms with Gasteiger partial charge in [-0.15, -0.1) is 0 Å². The lowest BCUT2D eigenvalue weighted by Gasteiger charge is -2.10. The van der Waals surface area contributed by atoms with Crippen LogP contribution in [0.5, 0.6) is 0 Å². The summed E-state index contributed by atoms with van der Waals surface area (Å²) in [5.41, 5.74) is 2.72. The largest absolute Gasteiger partial charge is 0.379 e. The molecular formula is C13H11Cl3N2. The third-order valence-corrected chi connectivity index (χ3v) is 3.34. The Balaban J connectivity index is 2.13. The number of hydrogen-bond acceptors (Lipinski definition) is 2. The zero-order valence-corrected chi connectivity index (χ0v) is 11.9. The maximum absolute atomic E-state index is 6.09. The first-order chi connectivity index (χ1) is 8.56. The summed E-state index contributed by atoms with van der Waals surface area (Å²) in [6.07, 6.45) is 0. The molecule has 0 amide bonds. The summed E-state index contributed by atoms with van der Waals surface area (Å²) in [7, 11) is 0. The van der Waals surface area contributed by atoms with Crippen LogP contribution in [0.15, 0.2) is 30.3 Å². The summed E-state index contributed by atoms with van der Waals surface area (Å²) in [6, 6.07) is 9.03. The Morgan fingerprint density at radius 2 is 1.89 bits per heavy atom. The molecule has 0 spiro atoms. The van der Waals surface area contributed by atoms with Crippen LogP contribution in [-0.4, -0.2) is 4.98 Å². The molecule has 2 rings (SSSR count). The van der Waals surface area contributed by atoms with Gasteiger partial charge in [-0.25, -0.2) is 4.98 Å². The second-order valence-electron chi connectivity index (χ2n) is 3.86. The molecule has 94 valence electrons. The van der Waals surface area contributed by atoms with Gasteiger partial charge in [-0.05, 0) is 42.8 Å². The van der Waals surface area contributed by atoms with E-state index < -0.39 is 0 Å². The van der Waals surface area contributed by atoms with Crippen molar-refractivity contribution >= 4 is 40.5 Å². The number of aromatic nitrogens is 1. The van der Waals surface area contributed by atoms with Crippen LogP contribution >= 0.6 is 34.8 Å². The Hall–Kier alpha value is -0.960. The molecule has 2 nitrogen and oxygen atoms in total. The van der Waals surface area contributed by atoms with E-state index in [-0.39, 0.29) is 0 Å². The van der Waals surface area contributed by atoms with Gasteiger partial charge in [0.05, 0.1) is 11.4 Å². The summed E-state index contributed by atoms with van der Waals surface area (Å²) in [4.78, 5) is 4.17. The Bertz CT molecular complexity index is 570. The molecule has 0 aliphatic carbocycles. The monoisotopic (exact) mass is 300 g/mol. The highest BCUT2D eigenvalue weighted by atomic mass is 35.5. The molecule has 18 heavy (non-hydrogen) atoms. The molecule has 0 fully saturated rings. The summed E-state index contributed by atoms with van der Waals surface area (Å²) < 4.78 is 0. The van der Waals surface area contributed by atoms with E-state index in [0.717, 1.165) is 16.9 Å². The van der Waals surface area contributed by atoms with Gasteiger partial charge in [0.15, 0.2) is 0 Å². The van der Waals surface area contributed by atoms with E-state index in [1.807, 2.05) is 19.1 Å². The number of benzene rings is 1. The number of pyridine rings is 1. The molecule has 5 heteroatoms. The van der Waals surface area contributed by atoms with Crippen molar-refractivity contribution < 1.29 is 0 Å². The number of rotatable bonds is 3. The Morgan fingerprint density at radius 1 is 1.11 bits per heavy atom. The minimum atomic E-state index is 0.485. The average molecular weight is 302 g/mol. The Morgan fingerprint density at radius 3 is 2.61 bits per heavy atom. The molecule has 0 radical (unpaired) electrons. The molecule has 1 aromatic carbocycles. The predicted octanol–water partition coefficient (Wildman–Crippen LogP) is 4.96. The standard InChI is InChI=1S/C13H11Cl3N2/c1-8-12(4-5-13(16)18-8)17-7-9-6-10(14)2-3-11(9)15/h2-6,17H,7H2,1H3.